The number of thiophene rings is 2. The lowest BCUT2D eigenvalue weighted by molar-refractivity contribution is -0.145. The molecule has 2 aromatic carbocycles. The number of carbonyl (C=O) groups excluding carboxylic acids is 1. The molecule has 0 aliphatic rings. The molecule has 0 bridgehead atoms. The Kier molecular flexibility index (Phi) is 12.8. The first kappa shape index (κ1) is 41.2. The summed E-state index contributed by atoms with van der Waals surface area (Å²) in [5.41, 5.74) is 17.1. The molecule has 0 aliphatic heterocycles. The molecule has 1 N–H and O–H groups in total. The second-order valence-corrected chi connectivity index (χ2v) is 16.5. The van der Waals surface area contributed by atoms with Gasteiger partial charge < -0.3 is 19.0 Å². The van der Waals surface area contributed by atoms with Gasteiger partial charge in [0.15, 0.2) is 6.10 Å². The molecule has 0 aliphatic carbocycles. The van der Waals surface area contributed by atoms with E-state index in [2.05, 4.69) is 71.3 Å². The molecule has 0 amide bonds. The van der Waals surface area contributed by atoms with E-state index in [1.807, 2.05) is 83.9 Å². The molecule has 0 saturated heterocycles. The minimum atomic E-state index is -0.704. The van der Waals surface area contributed by atoms with Gasteiger partial charge in [-0.25, -0.2) is 9.97 Å². The largest absolute Gasteiger partial charge is 0.451 e. The van der Waals surface area contributed by atoms with Gasteiger partial charge in [0.1, 0.15) is 6.10 Å². The minimum Gasteiger partial charge on any atom is -0.451 e. The summed E-state index contributed by atoms with van der Waals surface area (Å²) in [7, 11) is 0. The number of aliphatic hydroxyl groups excluding tert-OH is 1. The fourth-order valence-corrected chi connectivity index (χ4v) is 8.77. The zero-order valence-electron chi connectivity index (χ0n) is 34.4. The Bertz CT molecular complexity index is 2670. The van der Waals surface area contributed by atoms with Gasteiger partial charge >= 0.3 is 5.97 Å². The number of aliphatic hydroxyl groups is 1. The molecule has 0 spiro atoms. The maximum Gasteiger partial charge on any atom is 0.303 e. The van der Waals surface area contributed by atoms with Crippen molar-refractivity contribution in [1.82, 2.24) is 29.1 Å². The van der Waals surface area contributed by atoms with Crippen LogP contribution in [0.3, 0.4) is 0 Å². The van der Waals surface area contributed by atoms with Gasteiger partial charge in [0.25, 0.3) is 0 Å². The molecule has 8 rings (SSSR count). The van der Waals surface area contributed by atoms with Gasteiger partial charge in [-0.1, -0.05) is 71.8 Å². The van der Waals surface area contributed by atoms with E-state index in [9.17, 15) is 9.90 Å². The molecule has 8 aromatic rings. The van der Waals surface area contributed by atoms with E-state index in [4.69, 9.17) is 14.7 Å². The summed E-state index contributed by atoms with van der Waals surface area (Å²) in [5.74, 6) is -0.327. The maximum atomic E-state index is 11.8. The minimum absolute atomic E-state index is 0.327. The quantitative estimate of drug-likeness (QED) is 0.129. The number of nitrogens with zero attached hydrogens (tertiary/aromatic N) is 6. The lowest BCUT2D eigenvalue weighted by atomic mass is 10.0. The molecule has 6 heterocycles. The number of hydrogen-bond donors (Lipinski definition) is 1. The van der Waals surface area contributed by atoms with Crippen molar-refractivity contribution in [2.24, 2.45) is 0 Å². The van der Waals surface area contributed by atoms with E-state index in [0.29, 0.717) is 13.1 Å². The third-order valence-electron chi connectivity index (χ3n) is 10.3. The number of benzene rings is 2. The Morgan fingerprint density at radius 3 is 1.53 bits per heavy atom. The second kappa shape index (κ2) is 18.3. The van der Waals surface area contributed by atoms with Crippen LogP contribution in [0.4, 0.5) is 0 Å². The SMILES string of the molecule is CC(=O)OC(c1ccc(C)cc1)c1cncn1Cc1cnc(-c2cscc2C)c(C)c1.Cc1ccc(C(O)c2cncn2Cc2cnc(-c3cscc3C)c(C)c2)cc1. The number of aromatic nitrogens is 6. The van der Waals surface area contributed by atoms with Crippen LogP contribution in [0.25, 0.3) is 22.5 Å². The van der Waals surface area contributed by atoms with Crippen molar-refractivity contribution in [2.45, 2.75) is 73.8 Å². The molecule has 0 radical (unpaired) electrons. The standard InChI is InChI=1S/C25H25N3O2S.C23H23N3OS/c1-16-5-7-21(8-6-16)25(30-19(4)29)23-11-26-15-28(23)12-20-9-17(2)24(27-10-20)22-14-31-13-18(22)3;1-15-4-6-19(7-5-15)23(27)21-10-24-14-26(21)11-18-8-16(2)22(25-9-18)20-13-28-12-17(20)3/h5-11,13-15,25H,12H2,1-4H3;4-10,12-14,23,27H,11H2,1-3H3. The van der Waals surface area contributed by atoms with Crippen molar-refractivity contribution in [2.75, 3.05) is 0 Å². The van der Waals surface area contributed by atoms with Crippen molar-refractivity contribution in [1.29, 1.82) is 0 Å². The topological polar surface area (TPSA) is 108 Å². The molecule has 59 heavy (non-hydrogen) atoms. The highest BCUT2D eigenvalue weighted by Gasteiger charge is 2.22. The maximum absolute atomic E-state index is 11.8. The van der Waals surface area contributed by atoms with Crippen molar-refractivity contribution in [3.63, 3.8) is 0 Å². The number of esters is 1. The predicted octanol–water partition coefficient (Wildman–Crippen LogP) is 10.7. The van der Waals surface area contributed by atoms with E-state index in [0.717, 1.165) is 61.7 Å². The smallest absolute Gasteiger partial charge is 0.303 e. The lowest BCUT2D eigenvalue weighted by Gasteiger charge is -2.20. The summed E-state index contributed by atoms with van der Waals surface area (Å²) >= 11 is 3.39. The molecule has 9 nitrogen and oxygen atoms in total. The van der Waals surface area contributed by atoms with E-state index in [1.54, 1.807) is 47.7 Å². The van der Waals surface area contributed by atoms with Crippen molar-refractivity contribution < 1.29 is 14.6 Å². The molecular weight excluding hydrogens is 773 g/mol. The Morgan fingerprint density at radius 2 is 1.08 bits per heavy atom. The van der Waals surface area contributed by atoms with Crippen LogP contribution in [-0.4, -0.2) is 40.1 Å². The predicted molar refractivity (Wildman–Crippen MR) is 237 cm³/mol. The van der Waals surface area contributed by atoms with Crippen LogP contribution in [-0.2, 0) is 22.6 Å². The summed E-state index contributed by atoms with van der Waals surface area (Å²) in [6.07, 6.45) is 9.64. The third-order valence-corrected chi connectivity index (χ3v) is 12.0. The molecule has 0 fully saturated rings. The summed E-state index contributed by atoms with van der Waals surface area (Å²) in [6, 6.07) is 20.3. The van der Waals surface area contributed by atoms with Crippen LogP contribution in [0, 0.1) is 41.5 Å². The molecule has 11 heteroatoms. The zero-order valence-corrected chi connectivity index (χ0v) is 36.0. The Balaban J connectivity index is 0.000000180. The van der Waals surface area contributed by atoms with Gasteiger partial charge in [-0.3, -0.25) is 14.8 Å². The zero-order chi connectivity index (χ0) is 41.6. The first-order chi connectivity index (χ1) is 28.4. The van der Waals surface area contributed by atoms with Gasteiger partial charge in [-0.05, 0) is 96.8 Å². The average molecular weight is 821 g/mol. The Morgan fingerprint density at radius 1 is 0.627 bits per heavy atom. The molecule has 6 aromatic heterocycles. The number of carbonyl (C=O) groups is 1. The van der Waals surface area contributed by atoms with Crippen LogP contribution in [0.2, 0.25) is 0 Å². The highest BCUT2D eigenvalue weighted by Crippen LogP contribution is 2.31. The van der Waals surface area contributed by atoms with Gasteiger partial charge in [-0.15, -0.1) is 0 Å². The average Bonchev–Trinajstić information content (AvgIpc) is 4.05. The van der Waals surface area contributed by atoms with Gasteiger partial charge in [0.05, 0.1) is 60.9 Å². The number of hydrogen-bond acceptors (Lipinski definition) is 9. The number of ether oxygens (including phenoxy) is 1. The number of rotatable bonds is 11. The van der Waals surface area contributed by atoms with E-state index in [1.165, 1.54) is 34.7 Å². The van der Waals surface area contributed by atoms with E-state index >= 15 is 0 Å². The third kappa shape index (κ3) is 9.66. The Labute approximate surface area is 353 Å². The fourth-order valence-electron chi connectivity index (χ4n) is 7.10. The van der Waals surface area contributed by atoms with Crippen molar-refractivity contribution in [3.8, 4) is 22.5 Å². The van der Waals surface area contributed by atoms with Gasteiger partial charge in [0, 0.05) is 41.2 Å². The monoisotopic (exact) mass is 820 g/mol. The van der Waals surface area contributed by atoms with Crippen LogP contribution in [0.5, 0.6) is 0 Å². The molecule has 2 atom stereocenters. The number of imidazole rings is 2. The van der Waals surface area contributed by atoms with Crippen LogP contribution < -0.4 is 0 Å². The van der Waals surface area contributed by atoms with Crippen molar-refractivity contribution >= 4 is 28.6 Å². The lowest BCUT2D eigenvalue weighted by Crippen LogP contribution is -2.15. The molecule has 300 valence electrons. The van der Waals surface area contributed by atoms with E-state index < -0.39 is 12.2 Å². The van der Waals surface area contributed by atoms with Crippen LogP contribution >= 0.6 is 22.7 Å². The normalized spacial score (nSPS) is 12.1. The van der Waals surface area contributed by atoms with Gasteiger partial charge in [-0.2, -0.15) is 22.7 Å². The summed E-state index contributed by atoms with van der Waals surface area (Å²) in [5, 5.41) is 19.4. The Hall–Kier alpha value is -6.01. The number of pyridine rings is 2. The highest BCUT2D eigenvalue weighted by molar-refractivity contribution is 7.08. The highest BCUT2D eigenvalue weighted by atomic mass is 32.1. The summed E-state index contributed by atoms with van der Waals surface area (Å²) in [4.78, 5) is 29.9. The molecule has 0 saturated carbocycles. The van der Waals surface area contributed by atoms with Gasteiger partial charge in [0.2, 0.25) is 0 Å². The first-order valence-electron chi connectivity index (χ1n) is 19.4. The molecule has 2 unspecified atom stereocenters. The molecular formula is C48H48N6O3S2. The van der Waals surface area contributed by atoms with Crippen LogP contribution in [0.15, 0.2) is 120 Å². The number of aryl methyl sites for hydroxylation is 6. The fraction of sp³-hybridized carbons (Fsp3) is 0.229. The summed E-state index contributed by atoms with van der Waals surface area (Å²) in [6.45, 7) is 15.1. The first-order valence-corrected chi connectivity index (χ1v) is 21.3. The van der Waals surface area contributed by atoms with Crippen LogP contribution in [0.1, 0.15) is 86.2 Å². The van der Waals surface area contributed by atoms with E-state index in [-0.39, 0.29) is 5.97 Å². The summed E-state index contributed by atoms with van der Waals surface area (Å²) < 4.78 is 9.69. The second-order valence-electron chi connectivity index (χ2n) is 15.1. The van der Waals surface area contributed by atoms with Crippen molar-refractivity contribution in [3.05, 3.63) is 187 Å².